The molecule has 6 heteroatoms. The molecule has 0 bridgehead atoms. The summed E-state index contributed by atoms with van der Waals surface area (Å²) in [6.45, 7) is 22.9. The van der Waals surface area contributed by atoms with Crippen LogP contribution in [-0.4, -0.2) is 6.85 Å². The molecule has 0 saturated carbocycles. The Morgan fingerprint density at radius 2 is 1.06 bits per heavy atom. The summed E-state index contributed by atoms with van der Waals surface area (Å²) >= 11 is 0. The van der Waals surface area contributed by atoms with Gasteiger partial charge in [-0.05, 0) is 146 Å². The van der Waals surface area contributed by atoms with Crippen LogP contribution in [0.2, 0.25) is 0 Å². The maximum absolute atomic E-state index is 7.46. The fraction of sp³-hybridized carbons (Fsp3) is 0.242. The van der Waals surface area contributed by atoms with Crippen molar-refractivity contribution >= 4 is 101 Å². The van der Waals surface area contributed by atoms with Gasteiger partial charge in [0.2, 0.25) is 0 Å². The third-order valence-corrected chi connectivity index (χ3v) is 16.8. The molecule has 0 fully saturated rings. The van der Waals surface area contributed by atoms with Gasteiger partial charge < -0.3 is 23.0 Å². The summed E-state index contributed by atoms with van der Waals surface area (Å²) in [5.41, 5.74) is 21.7. The van der Waals surface area contributed by atoms with Crippen molar-refractivity contribution in [1.29, 1.82) is 0 Å². The fourth-order valence-corrected chi connectivity index (χ4v) is 12.6. The van der Waals surface area contributed by atoms with E-state index in [4.69, 9.17) is 13.3 Å². The van der Waals surface area contributed by atoms with Crippen molar-refractivity contribution in [2.75, 3.05) is 9.71 Å². The first-order valence-electron chi connectivity index (χ1n) is 25.9. The minimum atomic E-state index is -0.385. The minimum Gasteiger partial charge on any atom is -0.466 e. The molecular weight excluding hydrogens is 880 g/mol. The Labute approximate surface area is 422 Å². The molecular formula is C66H59BN2O3. The predicted molar refractivity (Wildman–Crippen MR) is 303 cm³/mol. The van der Waals surface area contributed by atoms with Crippen molar-refractivity contribution in [1.82, 2.24) is 0 Å². The molecule has 0 saturated heterocycles. The molecule has 354 valence electrons. The smallest absolute Gasteiger partial charge is 0.376 e. The largest absolute Gasteiger partial charge is 0.466 e. The van der Waals surface area contributed by atoms with E-state index < -0.39 is 0 Å². The molecule has 0 spiro atoms. The molecule has 2 aliphatic heterocycles. The van der Waals surface area contributed by atoms with Gasteiger partial charge in [-0.25, -0.2) is 0 Å². The van der Waals surface area contributed by atoms with E-state index in [9.17, 15) is 0 Å². The molecule has 72 heavy (non-hydrogen) atoms. The van der Waals surface area contributed by atoms with Crippen LogP contribution in [-0.2, 0) is 21.7 Å². The average molecular weight is 939 g/mol. The summed E-state index contributed by atoms with van der Waals surface area (Å²) in [6.07, 6.45) is 2.28. The molecule has 0 unspecified atom stereocenters. The van der Waals surface area contributed by atoms with Crippen LogP contribution in [0.1, 0.15) is 104 Å². The first-order chi connectivity index (χ1) is 34.4. The Hall–Kier alpha value is -7.44. The molecule has 3 aliphatic rings. The van der Waals surface area contributed by atoms with Crippen molar-refractivity contribution in [3.63, 3.8) is 0 Å². The molecule has 0 atom stereocenters. The van der Waals surface area contributed by atoms with E-state index in [1.165, 1.54) is 27.8 Å². The fourth-order valence-electron chi connectivity index (χ4n) is 12.6. The predicted octanol–water partition coefficient (Wildman–Crippen LogP) is 17.6. The monoisotopic (exact) mass is 938 g/mol. The lowest BCUT2D eigenvalue weighted by atomic mass is 9.45. The van der Waals surface area contributed by atoms with Gasteiger partial charge >= 0.3 is 6.85 Å². The summed E-state index contributed by atoms with van der Waals surface area (Å²) in [7, 11) is 0. The van der Waals surface area contributed by atoms with Gasteiger partial charge in [0.05, 0.1) is 11.4 Å². The highest BCUT2D eigenvalue weighted by Gasteiger charge is 2.50. The maximum Gasteiger partial charge on any atom is 0.376 e. The van der Waals surface area contributed by atoms with Gasteiger partial charge in [0, 0.05) is 55.6 Å². The second kappa shape index (κ2) is 14.6. The normalized spacial score (nSPS) is 15.9. The number of fused-ring (bicyclic) bond motifs is 14. The highest BCUT2D eigenvalue weighted by Crippen LogP contribution is 2.55. The SMILES string of the molecule is CC(C)(C)c1ccc(N2c3c(oc4ccc(C(C)(C)C)cc34)B3c4c(cc5c(oc6ccccc65)c42)-c2cc4c(cc2N3c2ccc(-c3ccccc3)cc2)oc2cc3c(cc24)C(C)(C)CCC3(C)C)cc1. The summed E-state index contributed by atoms with van der Waals surface area (Å²) in [4.78, 5) is 5.00. The number of rotatable bonds is 3. The number of hydrogen-bond acceptors (Lipinski definition) is 5. The zero-order valence-corrected chi connectivity index (χ0v) is 43.0. The molecule has 5 heterocycles. The van der Waals surface area contributed by atoms with E-state index in [1.807, 2.05) is 0 Å². The summed E-state index contributed by atoms with van der Waals surface area (Å²) in [6, 6.07) is 56.3. The molecule has 0 radical (unpaired) electrons. The van der Waals surface area contributed by atoms with E-state index in [2.05, 4.69) is 231 Å². The van der Waals surface area contributed by atoms with E-state index in [0.29, 0.717) is 0 Å². The van der Waals surface area contributed by atoms with Gasteiger partial charge in [-0.1, -0.05) is 148 Å². The van der Waals surface area contributed by atoms with Crippen molar-refractivity contribution in [2.45, 2.75) is 104 Å². The molecule has 11 aromatic rings. The van der Waals surface area contributed by atoms with E-state index in [-0.39, 0.29) is 28.5 Å². The van der Waals surface area contributed by atoms with Gasteiger partial charge in [0.15, 0.2) is 5.58 Å². The second-order valence-electron chi connectivity index (χ2n) is 24.4. The highest BCUT2D eigenvalue weighted by molar-refractivity contribution is 6.93. The number of anilines is 5. The second-order valence-corrected chi connectivity index (χ2v) is 24.4. The Bertz CT molecular complexity index is 4060. The highest BCUT2D eigenvalue weighted by atomic mass is 16.3. The van der Waals surface area contributed by atoms with Crippen LogP contribution in [0.4, 0.5) is 28.4 Å². The van der Waals surface area contributed by atoms with E-state index in [0.717, 1.165) is 124 Å². The molecule has 5 nitrogen and oxygen atoms in total. The third kappa shape index (κ3) is 6.20. The topological polar surface area (TPSA) is 45.9 Å². The van der Waals surface area contributed by atoms with Gasteiger partial charge in [0.1, 0.15) is 28.0 Å². The lowest BCUT2D eigenvalue weighted by molar-refractivity contribution is 0.332. The van der Waals surface area contributed by atoms with Crippen LogP contribution in [0.5, 0.6) is 0 Å². The minimum absolute atomic E-state index is 0.0212. The first kappa shape index (κ1) is 43.4. The summed E-state index contributed by atoms with van der Waals surface area (Å²) < 4.78 is 21.8. The number of hydrogen-bond donors (Lipinski definition) is 0. The summed E-state index contributed by atoms with van der Waals surface area (Å²) in [5, 5.41) is 5.54. The molecule has 3 aromatic heterocycles. The van der Waals surface area contributed by atoms with Crippen molar-refractivity contribution in [2.24, 2.45) is 0 Å². The Morgan fingerprint density at radius 1 is 0.458 bits per heavy atom. The number of nitrogens with zero attached hydrogens (tertiary/aromatic N) is 2. The number of benzene rings is 8. The van der Waals surface area contributed by atoms with E-state index in [1.54, 1.807) is 0 Å². The zero-order valence-electron chi connectivity index (χ0n) is 43.0. The standard InChI is InChI=1S/C66H59BN2O3/c1-63(2,3)40-22-27-42(28-23-40)68-59-50-32-41(64(4,5)6)24-29-55(50)72-62(59)67-58-48(34-49-44-18-14-15-19-54(44)71-61(49)60(58)68)45-33-46-47-35-51-52(66(9,10)31-30-65(51,7)8)36-56(47)70-57(46)37-53(45)69(67)43-25-20-39(21-26-43)38-16-12-11-13-17-38/h11-29,32-37H,30-31H2,1-10H3. The van der Waals surface area contributed by atoms with Crippen LogP contribution in [0.3, 0.4) is 0 Å². The van der Waals surface area contributed by atoms with Crippen molar-refractivity contribution < 1.29 is 13.3 Å². The van der Waals surface area contributed by atoms with Crippen LogP contribution in [0.25, 0.3) is 77.1 Å². The van der Waals surface area contributed by atoms with Crippen LogP contribution in [0, 0.1) is 0 Å². The molecule has 0 N–H and O–H groups in total. The Balaban J connectivity index is 1.13. The third-order valence-electron chi connectivity index (χ3n) is 16.8. The van der Waals surface area contributed by atoms with Gasteiger partial charge in [-0.15, -0.1) is 0 Å². The lowest BCUT2D eigenvalue weighted by Crippen LogP contribution is -2.61. The average Bonchev–Trinajstić information content (AvgIpc) is 4.05. The molecule has 0 amide bonds. The Morgan fingerprint density at radius 3 is 1.78 bits per heavy atom. The van der Waals surface area contributed by atoms with Gasteiger partial charge in [-0.3, -0.25) is 0 Å². The summed E-state index contributed by atoms with van der Waals surface area (Å²) in [5.74, 6) is 0. The Kier molecular flexibility index (Phi) is 8.79. The van der Waals surface area contributed by atoms with Crippen LogP contribution < -0.4 is 20.8 Å². The van der Waals surface area contributed by atoms with E-state index >= 15 is 0 Å². The number of para-hydroxylation sites is 1. The van der Waals surface area contributed by atoms with Gasteiger partial charge in [0.25, 0.3) is 0 Å². The first-order valence-corrected chi connectivity index (χ1v) is 25.9. The quantitative estimate of drug-likeness (QED) is 0.165. The maximum atomic E-state index is 7.46. The zero-order chi connectivity index (χ0) is 49.4. The number of furan rings is 3. The van der Waals surface area contributed by atoms with Crippen LogP contribution in [0.15, 0.2) is 165 Å². The van der Waals surface area contributed by atoms with Crippen LogP contribution >= 0.6 is 0 Å². The molecule has 8 aromatic carbocycles. The van der Waals surface area contributed by atoms with Crippen molar-refractivity contribution in [3.8, 4) is 22.3 Å². The molecule has 14 rings (SSSR count). The lowest BCUT2D eigenvalue weighted by Gasteiger charge is -2.43. The van der Waals surface area contributed by atoms with Gasteiger partial charge in [-0.2, -0.15) is 0 Å². The van der Waals surface area contributed by atoms with Crippen molar-refractivity contribution in [3.05, 3.63) is 174 Å². The molecule has 1 aliphatic carbocycles.